The molecule has 2 aromatic carbocycles. The fourth-order valence-electron chi connectivity index (χ4n) is 3.03. The van der Waals surface area contributed by atoms with Crippen molar-refractivity contribution in [3.05, 3.63) is 58.1 Å². The number of amides is 2. The molecule has 2 aromatic rings. The molecule has 0 radical (unpaired) electrons. The Kier molecular flexibility index (Phi) is 5.69. The van der Waals surface area contributed by atoms with Crippen molar-refractivity contribution in [3.63, 3.8) is 0 Å². The van der Waals surface area contributed by atoms with E-state index in [-0.39, 0.29) is 23.5 Å². The van der Waals surface area contributed by atoms with E-state index in [9.17, 15) is 14.7 Å². The fraction of sp³-hybridized carbons (Fsp3) is 0.263. The summed E-state index contributed by atoms with van der Waals surface area (Å²) in [5, 5.41) is 13.0. The number of hydrogen-bond acceptors (Lipinski definition) is 3. The van der Waals surface area contributed by atoms with Gasteiger partial charge in [-0.2, -0.15) is 0 Å². The number of piperidine rings is 1. The van der Waals surface area contributed by atoms with Crippen molar-refractivity contribution in [2.75, 3.05) is 18.4 Å². The van der Waals surface area contributed by atoms with Crippen LogP contribution in [-0.2, 0) is 0 Å². The molecule has 26 heavy (non-hydrogen) atoms. The molecule has 0 bridgehead atoms. The minimum Gasteiger partial charge on any atom is -0.508 e. The lowest BCUT2D eigenvalue weighted by atomic mass is 9.89. The Morgan fingerprint density at radius 2 is 1.58 bits per heavy atom. The molecule has 0 atom stereocenters. The van der Waals surface area contributed by atoms with Crippen LogP contribution in [0.4, 0.5) is 10.5 Å². The first-order valence-electron chi connectivity index (χ1n) is 8.27. The van der Waals surface area contributed by atoms with E-state index in [0.717, 1.165) is 0 Å². The highest BCUT2D eigenvalue weighted by Crippen LogP contribution is 2.25. The smallest absolute Gasteiger partial charge is 0.321 e. The van der Waals surface area contributed by atoms with Crippen molar-refractivity contribution in [1.82, 2.24) is 4.90 Å². The molecule has 1 heterocycles. The molecule has 1 saturated heterocycles. The summed E-state index contributed by atoms with van der Waals surface area (Å²) in [6.45, 7) is 0.989. The third-order valence-corrected chi connectivity index (χ3v) is 4.86. The minimum atomic E-state index is -0.237. The molecular formula is C19H18Cl2N2O3. The van der Waals surface area contributed by atoms with Gasteiger partial charge in [-0.05, 0) is 55.3 Å². The fourth-order valence-corrected chi connectivity index (χ4v) is 3.56. The van der Waals surface area contributed by atoms with Crippen LogP contribution in [0.1, 0.15) is 23.2 Å². The standard InChI is InChI=1S/C19H18Cl2N2O3/c20-14-9-15(21)11-16(10-14)22-19(26)23-7-5-13(6-8-23)18(25)12-1-3-17(24)4-2-12/h1-4,9-11,13,24H,5-8H2,(H,22,26). The van der Waals surface area contributed by atoms with E-state index in [4.69, 9.17) is 23.2 Å². The molecule has 2 N–H and O–H groups in total. The van der Waals surface area contributed by atoms with E-state index in [0.29, 0.717) is 47.2 Å². The lowest BCUT2D eigenvalue weighted by Crippen LogP contribution is -2.42. The Morgan fingerprint density at radius 3 is 2.15 bits per heavy atom. The zero-order valence-corrected chi connectivity index (χ0v) is 15.4. The highest BCUT2D eigenvalue weighted by atomic mass is 35.5. The summed E-state index contributed by atoms with van der Waals surface area (Å²) >= 11 is 11.9. The van der Waals surface area contributed by atoms with Crippen molar-refractivity contribution >= 4 is 40.7 Å². The molecular weight excluding hydrogens is 375 g/mol. The number of aromatic hydroxyl groups is 1. The second-order valence-corrected chi connectivity index (χ2v) is 7.13. The summed E-state index contributed by atoms with van der Waals surface area (Å²) in [7, 11) is 0. The van der Waals surface area contributed by atoms with Gasteiger partial charge in [0, 0.05) is 40.3 Å². The second kappa shape index (κ2) is 7.98. The van der Waals surface area contributed by atoms with Crippen LogP contribution in [0.5, 0.6) is 5.75 Å². The Hall–Kier alpha value is -2.24. The van der Waals surface area contributed by atoms with Gasteiger partial charge in [-0.1, -0.05) is 23.2 Å². The van der Waals surface area contributed by atoms with Gasteiger partial charge in [-0.25, -0.2) is 4.79 Å². The number of carbonyl (C=O) groups excluding carboxylic acids is 2. The molecule has 2 amide bonds. The van der Waals surface area contributed by atoms with Crippen molar-refractivity contribution in [1.29, 1.82) is 0 Å². The highest BCUT2D eigenvalue weighted by molar-refractivity contribution is 6.35. The summed E-state index contributed by atoms with van der Waals surface area (Å²) in [4.78, 5) is 26.6. The Bertz CT molecular complexity index is 796. The van der Waals surface area contributed by atoms with Crippen LogP contribution in [0.15, 0.2) is 42.5 Å². The van der Waals surface area contributed by atoms with E-state index >= 15 is 0 Å². The first-order chi connectivity index (χ1) is 12.4. The number of carbonyl (C=O) groups is 2. The van der Waals surface area contributed by atoms with Gasteiger partial charge in [0.2, 0.25) is 0 Å². The summed E-state index contributed by atoms with van der Waals surface area (Å²) in [6, 6.07) is 10.9. The van der Waals surface area contributed by atoms with E-state index in [1.807, 2.05) is 0 Å². The molecule has 1 fully saturated rings. The molecule has 5 nitrogen and oxygen atoms in total. The number of anilines is 1. The predicted molar refractivity (Wildman–Crippen MR) is 102 cm³/mol. The largest absolute Gasteiger partial charge is 0.508 e. The Morgan fingerprint density at radius 1 is 1.00 bits per heavy atom. The number of rotatable bonds is 3. The number of halogens is 2. The minimum absolute atomic E-state index is 0.0479. The maximum absolute atomic E-state index is 12.5. The lowest BCUT2D eigenvalue weighted by Gasteiger charge is -2.31. The number of Topliss-reactive ketones (excluding diaryl/α,β-unsaturated/α-hetero) is 1. The molecule has 0 saturated carbocycles. The lowest BCUT2D eigenvalue weighted by molar-refractivity contribution is 0.0859. The van der Waals surface area contributed by atoms with Crippen LogP contribution in [0.2, 0.25) is 10.0 Å². The first-order valence-corrected chi connectivity index (χ1v) is 9.03. The van der Waals surface area contributed by atoms with Crippen molar-refractivity contribution in [2.45, 2.75) is 12.8 Å². The molecule has 0 unspecified atom stereocenters. The second-order valence-electron chi connectivity index (χ2n) is 6.26. The maximum atomic E-state index is 12.5. The van der Waals surface area contributed by atoms with Gasteiger partial charge in [-0.15, -0.1) is 0 Å². The molecule has 1 aliphatic rings. The quantitative estimate of drug-likeness (QED) is 0.735. The molecule has 136 valence electrons. The average molecular weight is 393 g/mol. The molecule has 7 heteroatoms. The van der Waals surface area contributed by atoms with E-state index in [2.05, 4.69) is 5.32 Å². The topological polar surface area (TPSA) is 69.6 Å². The number of nitrogens with one attached hydrogen (secondary N) is 1. The zero-order chi connectivity index (χ0) is 18.7. The van der Waals surface area contributed by atoms with Crippen molar-refractivity contribution in [2.24, 2.45) is 5.92 Å². The number of urea groups is 1. The summed E-state index contributed by atoms with van der Waals surface area (Å²) in [6.07, 6.45) is 1.20. The van der Waals surface area contributed by atoms with Crippen LogP contribution >= 0.6 is 23.2 Å². The maximum Gasteiger partial charge on any atom is 0.321 e. The number of benzene rings is 2. The molecule has 0 aliphatic carbocycles. The van der Waals surface area contributed by atoms with E-state index < -0.39 is 0 Å². The number of hydrogen-bond donors (Lipinski definition) is 2. The van der Waals surface area contributed by atoms with Gasteiger partial charge in [0.15, 0.2) is 5.78 Å². The number of likely N-dealkylation sites (tertiary alicyclic amines) is 1. The van der Waals surface area contributed by atoms with Crippen LogP contribution in [-0.4, -0.2) is 34.9 Å². The van der Waals surface area contributed by atoms with Gasteiger partial charge in [0.1, 0.15) is 5.75 Å². The van der Waals surface area contributed by atoms with E-state index in [1.165, 1.54) is 12.1 Å². The molecule has 0 spiro atoms. The van der Waals surface area contributed by atoms with Gasteiger partial charge in [0.05, 0.1) is 0 Å². The van der Waals surface area contributed by atoms with Crippen molar-refractivity contribution in [3.8, 4) is 5.75 Å². The number of phenols is 1. The van der Waals surface area contributed by atoms with Crippen LogP contribution in [0, 0.1) is 5.92 Å². The summed E-state index contributed by atoms with van der Waals surface area (Å²) < 4.78 is 0. The number of nitrogens with zero attached hydrogens (tertiary/aromatic N) is 1. The van der Waals surface area contributed by atoms with Gasteiger partial charge < -0.3 is 15.3 Å². The summed E-state index contributed by atoms with van der Waals surface area (Å²) in [5.74, 6) is 0.0602. The SMILES string of the molecule is O=C(c1ccc(O)cc1)C1CCN(C(=O)Nc2cc(Cl)cc(Cl)c2)CC1. The normalized spacial score (nSPS) is 14.9. The number of ketones is 1. The monoisotopic (exact) mass is 392 g/mol. The third-order valence-electron chi connectivity index (χ3n) is 4.42. The number of phenolic OH excluding ortho intramolecular Hbond substituents is 1. The summed E-state index contributed by atoms with van der Waals surface area (Å²) in [5.41, 5.74) is 1.12. The zero-order valence-electron chi connectivity index (χ0n) is 13.9. The Balaban J connectivity index is 1.56. The van der Waals surface area contributed by atoms with E-state index in [1.54, 1.807) is 35.2 Å². The van der Waals surface area contributed by atoms with Crippen LogP contribution in [0.25, 0.3) is 0 Å². The predicted octanol–water partition coefficient (Wildman–Crippen LogP) is 4.83. The molecule has 0 aromatic heterocycles. The van der Waals surface area contributed by atoms with Crippen LogP contribution < -0.4 is 5.32 Å². The average Bonchev–Trinajstić information content (AvgIpc) is 2.61. The van der Waals surface area contributed by atoms with Crippen LogP contribution in [0.3, 0.4) is 0 Å². The third kappa shape index (κ3) is 4.48. The van der Waals surface area contributed by atoms with Crippen molar-refractivity contribution < 1.29 is 14.7 Å². The van der Waals surface area contributed by atoms with Gasteiger partial charge >= 0.3 is 6.03 Å². The Labute approximate surface area is 161 Å². The highest BCUT2D eigenvalue weighted by Gasteiger charge is 2.28. The molecule has 1 aliphatic heterocycles. The van der Waals surface area contributed by atoms with Gasteiger partial charge in [0.25, 0.3) is 0 Å². The molecule has 3 rings (SSSR count). The van der Waals surface area contributed by atoms with Gasteiger partial charge in [-0.3, -0.25) is 4.79 Å². The first kappa shape index (κ1) is 18.5.